The molecule has 14 heteroatoms. The zero-order valence-electron chi connectivity index (χ0n) is 23.2. The lowest BCUT2D eigenvalue weighted by atomic mass is 9.89. The molecule has 0 aromatic heterocycles. The van der Waals surface area contributed by atoms with Gasteiger partial charge in [-0.1, -0.05) is 0 Å². The molecular weight excluding hydrogens is 564 g/mol. The molecule has 3 fully saturated rings. The van der Waals surface area contributed by atoms with E-state index in [2.05, 4.69) is 4.72 Å². The summed E-state index contributed by atoms with van der Waals surface area (Å²) < 4.78 is 62.5. The number of hydrogen-bond donors (Lipinski definition) is 2. The van der Waals surface area contributed by atoms with Crippen molar-refractivity contribution in [3.05, 3.63) is 29.6 Å². The third-order valence-corrected chi connectivity index (χ3v) is 8.74. The van der Waals surface area contributed by atoms with E-state index in [-0.39, 0.29) is 43.5 Å². The summed E-state index contributed by atoms with van der Waals surface area (Å²) in [6, 6.07) is 0.116. The van der Waals surface area contributed by atoms with Gasteiger partial charge in [0, 0.05) is 49.0 Å². The highest BCUT2D eigenvalue weighted by Crippen LogP contribution is 2.33. The molecule has 226 valence electrons. The number of carbonyl (C=O) groups excluding carboxylic acids is 4. The minimum Gasteiger partial charge on any atom is -0.598 e. The van der Waals surface area contributed by atoms with Crippen LogP contribution in [0.15, 0.2) is 18.2 Å². The fourth-order valence-electron chi connectivity index (χ4n) is 4.85. The van der Waals surface area contributed by atoms with Gasteiger partial charge >= 0.3 is 6.03 Å². The molecule has 41 heavy (non-hydrogen) atoms. The monoisotopic (exact) mass is 599 g/mol. The Kier molecular flexibility index (Phi) is 10.0. The van der Waals surface area contributed by atoms with Crippen LogP contribution in [0.5, 0.6) is 5.75 Å². The molecule has 0 spiro atoms. The summed E-state index contributed by atoms with van der Waals surface area (Å²) in [6.45, 7) is 6.28. The van der Waals surface area contributed by atoms with Crippen LogP contribution in [0.3, 0.4) is 0 Å². The Hall–Kier alpha value is -2.65. The smallest absolute Gasteiger partial charge is 0.331 e. The van der Waals surface area contributed by atoms with Gasteiger partial charge < -0.3 is 18.8 Å². The Morgan fingerprint density at radius 1 is 1.12 bits per heavy atom. The predicted molar refractivity (Wildman–Crippen MR) is 142 cm³/mol. The number of Topliss-reactive ketones (excluding diaryl/α,β-unsaturated/α-hetero) is 1. The van der Waals surface area contributed by atoms with Crippen LogP contribution in [0.4, 0.5) is 13.6 Å². The quantitative estimate of drug-likeness (QED) is 0.322. The predicted octanol–water partition coefficient (Wildman–Crippen LogP) is 2.26. The molecule has 3 aliphatic rings. The summed E-state index contributed by atoms with van der Waals surface area (Å²) >= 11 is -2.00. The number of amides is 4. The van der Waals surface area contributed by atoms with Crippen LogP contribution in [0, 0.1) is 11.7 Å². The van der Waals surface area contributed by atoms with Crippen molar-refractivity contribution >= 4 is 35.0 Å². The first-order chi connectivity index (χ1) is 19.4. The van der Waals surface area contributed by atoms with Crippen LogP contribution >= 0.6 is 0 Å². The van der Waals surface area contributed by atoms with E-state index in [1.54, 1.807) is 20.8 Å². The van der Waals surface area contributed by atoms with E-state index in [1.807, 2.05) is 5.32 Å². The number of hydrogen-bond acceptors (Lipinski definition) is 9. The standard InChI is InChI=1S/C27H35F2N3O8S/c1-27(2,3)41(37)31-22(18-14-17(4-5-19(18)28)40-16-8-12-39-13-9-16)21(29)23(33)20-24(34)30-26(36)32(25(20)35)15-6-10-38-11-7-15/h4-5,14-16,20-22,31H,6-13H2,1-3H3,(H,30,34,36)/t20-,21-,22+,41?/m1/s1. The normalized spacial score (nSPS) is 23.6. The second kappa shape index (κ2) is 13.1. The molecule has 0 saturated carbocycles. The number of carbonyl (C=O) groups is 4. The molecule has 3 heterocycles. The zero-order valence-corrected chi connectivity index (χ0v) is 24.0. The maximum absolute atomic E-state index is 16.2. The summed E-state index contributed by atoms with van der Waals surface area (Å²) in [5.41, 5.74) is -0.367. The molecule has 3 saturated heterocycles. The van der Waals surface area contributed by atoms with Crippen molar-refractivity contribution in [2.75, 3.05) is 26.4 Å². The third kappa shape index (κ3) is 7.23. The number of barbiturate groups is 1. The molecule has 0 radical (unpaired) electrons. The molecule has 3 aliphatic heterocycles. The van der Waals surface area contributed by atoms with Crippen molar-refractivity contribution in [3.63, 3.8) is 0 Å². The molecule has 2 N–H and O–H groups in total. The van der Waals surface area contributed by atoms with Crippen molar-refractivity contribution in [2.45, 2.75) is 75.6 Å². The first-order valence-corrected chi connectivity index (χ1v) is 14.7. The Morgan fingerprint density at radius 3 is 2.34 bits per heavy atom. The van der Waals surface area contributed by atoms with Crippen molar-refractivity contribution in [1.82, 2.24) is 14.9 Å². The number of alkyl halides is 1. The number of ether oxygens (including phenoxy) is 3. The van der Waals surface area contributed by atoms with E-state index in [0.717, 1.165) is 11.0 Å². The van der Waals surface area contributed by atoms with Gasteiger partial charge in [0.05, 0.1) is 13.2 Å². The summed E-state index contributed by atoms with van der Waals surface area (Å²) in [6.07, 6.45) is -1.17. The van der Waals surface area contributed by atoms with Gasteiger partial charge in [-0.05, 0) is 51.8 Å². The van der Waals surface area contributed by atoms with Crippen molar-refractivity contribution in [3.8, 4) is 5.75 Å². The van der Waals surface area contributed by atoms with Gasteiger partial charge in [-0.25, -0.2) is 13.6 Å². The second-order valence-electron chi connectivity index (χ2n) is 11.2. The SMILES string of the molecule is CC(C)(C)[S+]([O-])N[C@@H](c1cc(OC2CCOCC2)ccc1F)[C@@H](F)C(=O)[C@@H]1C(=O)NC(=O)N(C2CCOCC2)C1=O. The number of nitrogens with zero attached hydrogens (tertiary/aromatic N) is 1. The van der Waals surface area contributed by atoms with Gasteiger partial charge in [-0.2, -0.15) is 0 Å². The molecule has 1 unspecified atom stereocenters. The van der Waals surface area contributed by atoms with E-state index in [0.29, 0.717) is 26.1 Å². The average molecular weight is 600 g/mol. The van der Waals surface area contributed by atoms with Crippen LogP contribution in [0.1, 0.15) is 58.1 Å². The molecular formula is C27H35F2N3O8S. The van der Waals surface area contributed by atoms with Crippen LogP contribution < -0.4 is 14.8 Å². The molecule has 1 aromatic carbocycles. The van der Waals surface area contributed by atoms with E-state index in [1.165, 1.54) is 12.1 Å². The number of imide groups is 2. The van der Waals surface area contributed by atoms with Crippen molar-refractivity contribution < 1.29 is 46.7 Å². The van der Waals surface area contributed by atoms with Gasteiger partial charge in [-0.3, -0.25) is 24.6 Å². The zero-order chi connectivity index (χ0) is 29.9. The number of halogens is 2. The summed E-state index contributed by atoms with van der Waals surface area (Å²) in [5.74, 6) is -6.83. The van der Waals surface area contributed by atoms with Gasteiger partial charge in [0.15, 0.2) is 17.9 Å². The summed E-state index contributed by atoms with van der Waals surface area (Å²) in [7, 11) is 0. The van der Waals surface area contributed by atoms with Crippen molar-refractivity contribution in [2.24, 2.45) is 5.92 Å². The Balaban J connectivity index is 1.64. The summed E-state index contributed by atoms with van der Waals surface area (Å²) in [4.78, 5) is 52.8. The highest BCUT2D eigenvalue weighted by atomic mass is 32.2. The Labute approximate surface area is 239 Å². The van der Waals surface area contributed by atoms with Crippen LogP contribution in [0.2, 0.25) is 0 Å². The lowest BCUT2D eigenvalue weighted by molar-refractivity contribution is -0.151. The van der Waals surface area contributed by atoms with E-state index >= 15 is 8.78 Å². The molecule has 0 bridgehead atoms. The number of ketones is 1. The topological polar surface area (TPSA) is 146 Å². The molecule has 11 nitrogen and oxygen atoms in total. The average Bonchev–Trinajstić information content (AvgIpc) is 2.92. The third-order valence-electron chi connectivity index (χ3n) is 7.16. The van der Waals surface area contributed by atoms with Gasteiger partial charge in [0.1, 0.15) is 28.5 Å². The Morgan fingerprint density at radius 2 is 1.73 bits per heavy atom. The molecule has 4 atom stereocenters. The van der Waals surface area contributed by atoms with Crippen molar-refractivity contribution in [1.29, 1.82) is 0 Å². The molecule has 0 aliphatic carbocycles. The highest BCUT2D eigenvalue weighted by Gasteiger charge is 2.51. The largest absolute Gasteiger partial charge is 0.598 e. The van der Waals surface area contributed by atoms with Gasteiger partial charge in [0.2, 0.25) is 5.91 Å². The molecule has 1 aromatic rings. The maximum atomic E-state index is 16.2. The first kappa shape index (κ1) is 31.3. The highest BCUT2D eigenvalue weighted by molar-refractivity contribution is 7.90. The number of urea groups is 1. The second-order valence-corrected chi connectivity index (χ2v) is 13.2. The molecule has 4 amide bonds. The fraction of sp³-hybridized carbons (Fsp3) is 0.630. The number of rotatable bonds is 9. The Bertz CT molecular complexity index is 1150. The van der Waals surface area contributed by atoms with Crippen LogP contribution in [0.25, 0.3) is 0 Å². The number of benzene rings is 1. The lowest BCUT2D eigenvalue weighted by Gasteiger charge is -2.37. The lowest BCUT2D eigenvalue weighted by Crippen LogP contribution is -2.64. The van der Waals surface area contributed by atoms with E-state index in [4.69, 9.17) is 14.2 Å². The fourth-order valence-corrected chi connectivity index (χ4v) is 5.68. The van der Waals surface area contributed by atoms with Gasteiger partial charge in [0.25, 0.3) is 5.91 Å². The van der Waals surface area contributed by atoms with E-state index in [9.17, 15) is 23.7 Å². The van der Waals surface area contributed by atoms with Crippen LogP contribution in [-0.4, -0.2) is 82.6 Å². The minimum absolute atomic E-state index is 0.198. The number of nitrogens with one attached hydrogen (secondary N) is 2. The van der Waals surface area contributed by atoms with E-state index < -0.39 is 69.7 Å². The van der Waals surface area contributed by atoms with Gasteiger partial charge in [-0.15, -0.1) is 4.72 Å². The van der Waals surface area contributed by atoms with Crippen LogP contribution in [-0.2, 0) is 35.2 Å². The first-order valence-electron chi connectivity index (χ1n) is 13.5. The maximum Gasteiger partial charge on any atom is 0.331 e. The molecule has 4 rings (SSSR count). The minimum atomic E-state index is -2.70. The summed E-state index contributed by atoms with van der Waals surface area (Å²) in [5, 5.41) is 1.97.